The average molecular weight is 397 g/mol. The molecular formula is C17H19Br2N. The topological polar surface area (TPSA) is 26.0 Å². The summed E-state index contributed by atoms with van der Waals surface area (Å²) in [5.74, 6) is 0.595. The summed E-state index contributed by atoms with van der Waals surface area (Å²) in [5, 5.41) is 0. The second-order valence-corrected chi connectivity index (χ2v) is 6.89. The zero-order valence-corrected chi connectivity index (χ0v) is 14.9. The highest BCUT2D eigenvalue weighted by Gasteiger charge is 2.13. The largest absolute Gasteiger partial charge is 0.320 e. The third-order valence-electron chi connectivity index (χ3n) is 3.77. The number of hydrogen-bond acceptors (Lipinski definition) is 1. The predicted molar refractivity (Wildman–Crippen MR) is 93.0 cm³/mol. The van der Waals surface area contributed by atoms with E-state index in [1.807, 2.05) is 12.1 Å². The molecule has 106 valence electrons. The molecule has 0 spiro atoms. The fraction of sp³-hybridized carbons (Fsp3) is 0.294. The molecule has 0 bridgehead atoms. The molecule has 0 amide bonds. The number of halogens is 2. The number of nitrogens with two attached hydrogens (primary N) is 1. The molecule has 2 aromatic carbocycles. The lowest BCUT2D eigenvalue weighted by Gasteiger charge is -2.16. The summed E-state index contributed by atoms with van der Waals surface area (Å²) < 4.78 is 2.08. The molecule has 0 aliphatic heterocycles. The van der Waals surface area contributed by atoms with Gasteiger partial charge in [0.1, 0.15) is 0 Å². The van der Waals surface area contributed by atoms with Gasteiger partial charge in [-0.25, -0.2) is 0 Å². The molecule has 0 radical (unpaired) electrons. The van der Waals surface area contributed by atoms with Gasteiger partial charge >= 0.3 is 0 Å². The molecule has 20 heavy (non-hydrogen) atoms. The Labute approximate surface area is 137 Å². The Morgan fingerprint density at radius 3 is 2.20 bits per heavy atom. The van der Waals surface area contributed by atoms with Crippen LogP contribution in [-0.4, -0.2) is 0 Å². The molecule has 2 rings (SSSR count). The quantitative estimate of drug-likeness (QED) is 0.696. The highest BCUT2D eigenvalue weighted by atomic mass is 79.9. The van der Waals surface area contributed by atoms with Crippen LogP contribution < -0.4 is 5.73 Å². The van der Waals surface area contributed by atoms with Gasteiger partial charge < -0.3 is 5.73 Å². The van der Waals surface area contributed by atoms with Crippen molar-refractivity contribution < 1.29 is 0 Å². The van der Waals surface area contributed by atoms with E-state index in [2.05, 4.69) is 76.0 Å². The molecule has 0 saturated heterocycles. The predicted octanol–water partition coefficient (Wildman–Crippen LogP) is 5.77. The standard InChI is InChI=1S/C17H19Br2N/c1-3-11(2)12-4-6-13(7-5-12)17(20)15-10-14(18)8-9-16(15)19/h4-11,17H,3,20H2,1-2H3. The van der Waals surface area contributed by atoms with Crippen LogP contribution in [0.5, 0.6) is 0 Å². The first-order chi connectivity index (χ1) is 9.52. The van der Waals surface area contributed by atoms with Crippen molar-refractivity contribution in [3.8, 4) is 0 Å². The maximum absolute atomic E-state index is 6.39. The molecule has 0 aliphatic rings. The third kappa shape index (κ3) is 3.51. The van der Waals surface area contributed by atoms with Gasteiger partial charge in [-0.1, -0.05) is 70.0 Å². The van der Waals surface area contributed by atoms with E-state index in [0.717, 1.165) is 26.5 Å². The Kier molecular flexibility index (Phi) is 5.42. The molecule has 0 aliphatic carbocycles. The summed E-state index contributed by atoms with van der Waals surface area (Å²) in [5.41, 5.74) is 9.99. The Hall–Kier alpha value is -0.640. The summed E-state index contributed by atoms with van der Waals surface area (Å²) in [7, 11) is 0. The van der Waals surface area contributed by atoms with Gasteiger partial charge in [0.2, 0.25) is 0 Å². The van der Waals surface area contributed by atoms with Crippen LogP contribution in [0, 0.1) is 0 Å². The van der Waals surface area contributed by atoms with Gasteiger partial charge in [-0.3, -0.25) is 0 Å². The first kappa shape index (κ1) is 15.7. The van der Waals surface area contributed by atoms with Crippen molar-refractivity contribution in [2.24, 2.45) is 5.73 Å². The van der Waals surface area contributed by atoms with Crippen LogP contribution >= 0.6 is 31.9 Å². The molecule has 0 aromatic heterocycles. The Balaban J connectivity index is 2.29. The van der Waals surface area contributed by atoms with E-state index < -0.39 is 0 Å². The lowest BCUT2D eigenvalue weighted by molar-refractivity contribution is 0.732. The zero-order chi connectivity index (χ0) is 14.7. The van der Waals surface area contributed by atoms with Crippen LogP contribution in [0.2, 0.25) is 0 Å². The Morgan fingerprint density at radius 1 is 1.00 bits per heavy atom. The fourth-order valence-electron chi connectivity index (χ4n) is 2.20. The summed E-state index contributed by atoms with van der Waals surface area (Å²) in [6.45, 7) is 4.46. The fourth-order valence-corrected chi connectivity index (χ4v) is 3.07. The van der Waals surface area contributed by atoms with Gasteiger partial charge in [0, 0.05) is 8.95 Å². The van der Waals surface area contributed by atoms with Crippen molar-refractivity contribution in [3.63, 3.8) is 0 Å². The molecule has 0 saturated carbocycles. The van der Waals surface area contributed by atoms with Crippen molar-refractivity contribution in [2.75, 3.05) is 0 Å². The first-order valence-electron chi connectivity index (χ1n) is 6.83. The molecule has 0 fully saturated rings. The van der Waals surface area contributed by atoms with Gasteiger partial charge in [0.15, 0.2) is 0 Å². The number of rotatable bonds is 4. The Bertz CT molecular complexity index is 578. The lowest BCUT2D eigenvalue weighted by atomic mass is 9.94. The smallest absolute Gasteiger partial charge is 0.0563 e. The SMILES string of the molecule is CCC(C)c1ccc(C(N)c2cc(Br)ccc2Br)cc1. The maximum Gasteiger partial charge on any atom is 0.0563 e. The van der Waals surface area contributed by atoms with Gasteiger partial charge in [0.25, 0.3) is 0 Å². The molecular weight excluding hydrogens is 378 g/mol. The van der Waals surface area contributed by atoms with Crippen LogP contribution in [0.25, 0.3) is 0 Å². The second-order valence-electron chi connectivity index (χ2n) is 5.12. The molecule has 1 nitrogen and oxygen atoms in total. The summed E-state index contributed by atoms with van der Waals surface area (Å²) in [6.07, 6.45) is 1.16. The van der Waals surface area contributed by atoms with Crippen LogP contribution in [0.3, 0.4) is 0 Å². The molecule has 2 aromatic rings. The van der Waals surface area contributed by atoms with E-state index in [1.54, 1.807) is 0 Å². The number of benzene rings is 2. The van der Waals surface area contributed by atoms with Crippen molar-refractivity contribution >= 4 is 31.9 Å². The van der Waals surface area contributed by atoms with E-state index in [-0.39, 0.29) is 6.04 Å². The minimum Gasteiger partial charge on any atom is -0.320 e. The van der Waals surface area contributed by atoms with Crippen LogP contribution in [0.4, 0.5) is 0 Å². The van der Waals surface area contributed by atoms with Gasteiger partial charge in [-0.2, -0.15) is 0 Å². The van der Waals surface area contributed by atoms with Gasteiger partial charge in [0.05, 0.1) is 6.04 Å². The van der Waals surface area contributed by atoms with Gasteiger partial charge in [-0.05, 0) is 47.2 Å². The maximum atomic E-state index is 6.39. The van der Waals surface area contributed by atoms with Crippen molar-refractivity contribution in [1.29, 1.82) is 0 Å². The van der Waals surface area contributed by atoms with Crippen LogP contribution in [-0.2, 0) is 0 Å². The van der Waals surface area contributed by atoms with E-state index in [1.165, 1.54) is 5.56 Å². The molecule has 0 heterocycles. The highest BCUT2D eigenvalue weighted by molar-refractivity contribution is 9.11. The van der Waals surface area contributed by atoms with Crippen molar-refractivity contribution in [2.45, 2.75) is 32.2 Å². The van der Waals surface area contributed by atoms with E-state index in [4.69, 9.17) is 5.73 Å². The minimum absolute atomic E-state index is 0.118. The minimum atomic E-state index is -0.118. The normalized spacial score (nSPS) is 14.1. The van der Waals surface area contributed by atoms with Gasteiger partial charge in [-0.15, -0.1) is 0 Å². The second kappa shape index (κ2) is 6.88. The van der Waals surface area contributed by atoms with E-state index in [0.29, 0.717) is 5.92 Å². The lowest BCUT2D eigenvalue weighted by Crippen LogP contribution is -2.12. The molecule has 2 N–H and O–H groups in total. The van der Waals surface area contributed by atoms with Crippen molar-refractivity contribution in [1.82, 2.24) is 0 Å². The summed E-state index contributed by atoms with van der Waals surface area (Å²) >= 11 is 7.08. The summed E-state index contributed by atoms with van der Waals surface area (Å²) in [4.78, 5) is 0. The highest BCUT2D eigenvalue weighted by Crippen LogP contribution is 2.30. The Morgan fingerprint density at radius 2 is 1.60 bits per heavy atom. The molecule has 2 atom stereocenters. The zero-order valence-electron chi connectivity index (χ0n) is 11.7. The van der Waals surface area contributed by atoms with Crippen molar-refractivity contribution in [3.05, 3.63) is 68.1 Å². The molecule has 2 unspecified atom stereocenters. The number of hydrogen-bond donors (Lipinski definition) is 1. The monoisotopic (exact) mass is 395 g/mol. The third-order valence-corrected chi connectivity index (χ3v) is 4.99. The van der Waals surface area contributed by atoms with Crippen LogP contribution in [0.1, 0.15) is 48.9 Å². The summed E-state index contributed by atoms with van der Waals surface area (Å²) in [6, 6.07) is 14.6. The molecule has 3 heteroatoms. The first-order valence-corrected chi connectivity index (χ1v) is 8.42. The average Bonchev–Trinajstić information content (AvgIpc) is 2.48. The van der Waals surface area contributed by atoms with Crippen LogP contribution in [0.15, 0.2) is 51.4 Å². The van der Waals surface area contributed by atoms with E-state index in [9.17, 15) is 0 Å². The van der Waals surface area contributed by atoms with E-state index >= 15 is 0 Å².